The van der Waals surface area contributed by atoms with Crippen LogP contribution < -0.4 is 0 Å². The van der Waals surface area contributed by atoms with Crippen LogP contribution in [0.3, 0.4) is 0 Å². The number of aliphatic hydroxyl groups is 2. The van der Waals surface area contributed by atoms with Gasteiger partial charge in [-0.2, -0.15) is 0 Å². The zero-order valence-electron chi connectivity index (χ0n) is 14.7. The molecule has 4 fully saturated rings. The third-order valence-corrected chi connectivity index (χ3v) is 8.95. The summed E-state index contributed by atoms with van der Waals surface area (Å²) in [5, 5.41) is 21.1. The van der Waals surface area contributed by atoms with E-state index in [0.717, 1.165) is 37.5 Å². The van der Waals surface area contributed by atoms with Crippen LogP contribution in [0.15, 0.2) is 0 Å². The van der Waals surface area contributed by atoms with Gasteiger partial charge in [-0.3, -0.25) is 0 Å². The summed E-state index contributed by atoms with van der Waals surface area (Å²) >= 11 is 0. The standard InChI is InChI=1S/C21H32O2/c1-4-21(23)12-11-19(2)14(13-21)5-6-15-16-7-8-18(22)20(16,3)10-9-17(15)19/h1,14-18,22-23H,5-13H2,2-3H3/t14-,15-,16+,17-,18-,19+,20+,21-/m0/s1. The normalized spacial score (nSPS) is 58.7. The van der Waals surface area contributed by atoms with Gasteiger partial charge in [0.2, 0.25) is 0 Å². The van der Waals surface area contributed by atoms with Crippen molar-refractivity contribution in [3.8, 4) is 12.3 Å². The van der Waals surface area contributed by atoms with E-state index in [4.69, 9.17) is 6.42 Å². The summed E-state index contributed by atoms with van der Waals surface area (Å²) in [6.45, 7) is 4.83. The molecule has 0 aromatic rings. The van der Waals surface area contributed by atoms with Crippen LogP contribution in [0.2, 0.25) is 0 Å². The Bertz CT molecular complexity index is 536. The predicted octanol–water partition coefficient (Wildman–Crippen LogP) is 3.75. The van der Waals surface area contributed by atoms with Crippen LogP contribution in [0.25, 0.3) is 0 Å². The van der Waals surface area contributed by atoms with E-state index in [1.54, 1.807) is 0 Å². The molecule has 0 spiro atoms. The van der Waals surface area contributed by atoms with E-state index in [1.807, 2.05) is 0 Å². The quantitative estimate of drug-likeness (QED) is 0.668. The van der Waals surface area contributed by atoms with E-state index < -0.39 is 5.60 Å². The monoisotopic (exact) mass is 316 g/mol. The highest BCUT2D eigenvalue weighted by Gasteiger charge is 2.60. The van der Waals surface area contributed by atoms with Gasteiger partial charge < -0.3 is 10.2 Å². The van der Waals surface area contributed by atoms with Crippen molar-refractivity contribution in [1.29, 1.82) is 0 Å². The van der Waals surface area contributed by atoms with E-state index >= 15 is 0 Å². The van der Waals surface area contributed by atoms with Crippen molar-refractivity contribution in [3.63, 3.8) is 0 Å². The Morgan fingerprint density at radius 3 is 2.39 bits per heavy atom. The minimum atomic E-state index is -0.857. The fraction of sp³-hybridized carbons (Fsp3) is 0.905. The molecule has 0 amide bonds. The van der Waals surface area contributed by atoms with E-state index in [-0.39, 0.29) is 11.5 Å². The SMILES string of the molecule is C#C[C@]1(O)CC[C@]2(C)[C@@H](CC[C@H]3[C@H]4CC[C@H](O)[C@]4(C)CC[C@@H]32)C1. The Hall–Kier alpha value is -0.520. The van der Waals surface area contributed by atoms with Gasteiger partial charge in [0, 0.05) is 0 Å². The minimum absolute atomic E-state index is 0.0862. The summed E-state index contributed by atoms with van der Waals surface area (Å²) < 4.78 is 0. The second kappa shape index (κ2) is 4.99. The van der Waals surface area contributed by atoms with Crippen molar-refractivity contribution in [2.75, 3.05) is 0 Å². The average molecular weight is 316 g/mol. The summed E-state index contributed by atoms with van der Waals surface area (Å²) in [4.78, 5) is 0. The Labute approximate surface area is 141 Å². The van der Waals surface area contributed by atoms with Crippen molar-refractivity contribution in [1.82, 2.24) is 0 Å². The van der Waals surface area contributed by atoms with Crippen LogP contribution >= 0.6 is 0 Å². The summed E-state index contributed by atoms with van der Waals surface area (Å²) in [5.74, 6) is 5.51. The Morgan fingerprint density at radius 2 is 1.65 bits per heavy atom. The molecule has 0 bridgehead atoms. The van der Waals surface area contributed by atoms with Crippen LogP contribution in [0.5, 0.6) is 0 Å². The first-order valence-corrected chi connectivity index (χ1v) is 9.71. The first-order valence-electron chi connectivity index (χ1n) is 9.71. The summed E-state index contributed by atoms with van der Waals surface area (Å²) in [6.07, 6.45) is 15.3. The van der Waals surface area contributed by atoms with Gasteiger partial charge in [-0.15, -0.1) is 6.42 Å². The van der Waals surface area contributed by atoms with Gasteiger partial charge in [0.15, 0.2) is 0 Å². The summed E-state index contributed by atoms with van der Waals surface area (Å²) in [7, 11) is 0. The highest BCUT2D eigenvalue weighted by atomic mass is 16.3. The molecule has 0 saturated heterocycles. The van der Waals surface area contributed by atoms with Gasteiger partial charge in [0.05, 0.1) is 6.10 Å². The van der Waals surface area contributed by atoms with Gasteiger partial charge >= 0.3 is 0 Å². The third kappa shape index (κ3) is 2.09. The van der Waals surface area contributed by atoms with E-state index in [9.17, 15) is 10.2 Å². The maximum absolute atomic E-state index is 10.6. The second-order valence-corrected chi connectivity index (χ2v) is 9.67. The fourth-order valence-corrected chi connectivity index (χ4v) is 7.35. The molecular formula is C21H32O2. The molecule has 0 radical (unpaired) electrons. The predicted molar refractivity (Wildman–Crippen MR) is 91.5 cm³/mol. The number of hydrogen-bond acceptors (Lipinski definition) is 2. The van der Waals surface area contributed by atoms with Crippen LogP contribution in [-0.2, 0) is 0 Å². The molecule has 0 aliphatic heterocycles. The average Bonchev–Trinajstić information content (AvgIpc) is 2.84. The van der Waals surface area contributed by atoms with Crippen LogP contribution in [-0.4, -0.2) is 21.9 Å². The highest BCUT2D eigenvalue weighted by Crippen LogP contribution is 2.66. The number of fused-ring (bicyclic) bond motifs is 5. The van der Waals surface area contributed by atoms with Crippen molar-refractivity contribution < 1.29 is 10.2 Å². The van der Waals surface area contributed by atoms with Crippen molar-refractivity contribution in [2.45, 2.75) is 83.3 Å². The summed E-state index contributed by atoms with van der Waals surface area (Å²) in [6, 6.07) is 0. The van der Waals surface area contributed by atoms with Crippen LogP contribution in [0, 0.1) is 46.8 Å². The number of rotatable bonds is 0. The van der Waals surface area contributed by atoms with Crippen LogP contribution in [0.1, 0.15) is 71.6 Å². The molecule has 0 unspecified atom stereocenters. The molecule has 4 aliphatic rings. The largest absolute Gasteiger partial charge is 0.393 e. The van der Waals surface area contributed by atoms with Gasteiger partial charge in [-0.05, 0) is 92.3 Å². The summed E-state index contributed by atoms with van der Waals surface area (Å²) in [5.41, 5.74) is -0.344. The molecule has 0 aromatic heterocycles. The molecule has 2 N–H and O–H groups in total. The van der Waals surface area contributed by atoms with Gasteiger partial charge in [0.1, 0.15) is 5.60 Å². The number of hydrogen-bond donors (Lipinski definition) is 2. The Kier molecular flexibility index (Phi) is 3.47. The first kappa shape index (κ1) is 16.0. The fourth-order valence-electron chi connectivity index (χ4n) is 7.35. The third-order valence-electron chi connectivity index (χ3n) is 8.95. The lowest BCUT2D eigenvalue weighted by Gasteiger charge is -2.61. The maximum atomic E-state index is 10.6. The molecule has 4 saturated carbocycles. The molecule has 0 heterocycles. The van der Waals surface area contributed by atoms with Gasteiger partial charge in [0.25, 0.3) is 0 Å². The second-order valence-electron chi connectivity index (χ2n) is 9.67. The molecule has 0 aromatic carbocycles. The van der Waals surface area contributed by atoms with Gasteiger partial charge in [-0.1, -0.05) is 19.8 Å². The zero-order chi connectivity index (χ0) is 16.5. The Balaban J connectivity index is 1.61. The molecule has 2 nitrogen and oxygen atoms in total. The van der Waals surface area contributed by atoms with Crippen molar-refractivity contribution >= 4 is 0 Å². The van der Waals surface area contributed by atoms with E-state index in [2.05, 4.69) is 19.8 Å². The van der Waals surface area contributed by atoms with E-state index in [0.29, 0.717) is 17.3 Å². The molecule has 8 atom stereocenters. The Morgan fingerprint density at radius 1 is 0.913 bits per heavy atom. The minimum Gasteiger partial charge on any atom is -0.393 e. The highest BCUT2D eigenvalue weighted by molar-refractivity contribution is 5.16. The van der Waals surface area contributed by atoms with Gasteiger partial charge in [-0.25, -0.2) is 0 Å². The maximum Gasteiger partial charge on any atom is 0.125 e. The lowest BCUT2D eigenvalue weighted by atomic mass is 9.44. The number of aliphatic hydroxyl groups excluding tert-OH is 1. The van der Waals surface area contributed by atoms with E-state index in [1.165, 1.54) is 32.1 Å². The molecular weight excluding hydrogens is 284 g/mol. The molecule has 4 aliphatic carbocycles. The van der Waals surface area contributed by atoms with Crippen molar-refractivity contribution in [2.24, 2.45) is 34.5 Å². The molecule has 128 valence electrons. The lowest BCUT2D eigenvalue weighted by Crippen LogP contribution is -2.56. The first-order chi connectivity index (χ1) is 10.8. The smallest absolute Gasteiger partial charge is 0.125 e. The number of terminal acetylenes is 1. The van der Waals surface area contributed by atoms with Crippen molar-refractivity contribution in [3.05, 3.63) is 0 Å². The molecule has 2 heteroatoms. The molecule has 4 rings (SSSR count). The molecule has 23 heavy (non-hydrogen) atoms. The zero-order valence-corrected chi connectivity index (χ0v) is 14.7. The lowest BCUT2D eigenvalue weighted by molar-refractivity contribution is -0.143. The topological polar surface area (TPSA) is 40.5 Å². The van der Waals surface area contributed by atoms with Crippen LogP contribution in [0.4, 0.5) is 0 Å².